The third-order valence-electron chi connectivity index (χ3n) is 3.39. The molecular formula is C16H24N4O. The molecule has 5 heteroatoms. The molecule has 0 amide bonds. The minimum Gasteiger partial charge on any atom is -0.382 e. The molecule has 21 heavy (non-hydrogen) atoms. The smallest absolute Gasteiger partial charge is 0.203 e. The highest BCUT2D eigenvalue weighted by atomic mass is 16.5. The molecule has 0 unspecified atom stereocenters. The molecule has 2 rings (SSSR count). The van der Waals surface area contributed by atoms with E-state index in [1.165, 1.54) is 5.56 Å². The average Bonchev–Trinajstić information content (AvgIpc) is 2.97. The summed E-state index contributed by atoms with van der Waals surface area (Å²) in [7, 11) is 0. The SMILES string of the molecule is CCOCCCn1ccnc1NCc1ncccc1CC. The predicted octanol–water partition coefficient (Wildman–Crippen LogP) is 2.88. The number of nitrogens with zero attached hydrogens (tertiary/aromatic N) is 3. The summed E-state index contributed by atoms with van der Waals surface area (Å²) in [6.07, 6.45) is 7.64. The molecule has 114 valence electrons. The monoisotopic (exact) mass is 288 g/mol. The first-order chi connectivity index (χ1) is 10.3. The number of aromatic nitrogens is 3. The van der Waals surface area contributed by atoms with Crippen molar-refractivity contribution in [3.63, 3.8) is 0 Å². The van der Waals surface area contributed by atoms with Crippen molar-refractivity contribution in [2.24, 2.45) is 0 Å². The highest BCUT2D eigenvalue weighted by Gasteiger charge is 2.05. The van der Waals surface area contributed by atoms with Gasteiger partial charge in [-0.15, -0.1) is 0 Å². The molecule has 0 radical (unpaired) electrons. The summed E-state index contributed by atoms with van der Waals surface area (Å²) in [5, 5.41) is 3.37. The summed E-state index contributed by atoms with van der Waals surface area (Å²) in [5.41, 5.74) is 2.36. The van der Waals surface area contributed by atoms with Crippen molar-refractivity contribution >= 4 is 5.95 Å². The van der Waals surface area contributed by atoms with Crippen LogP contribution in [0.3, 0.4) is 0 Å². The lowest BCUT2D eigenvalue weighted by Crippen LogP contribution is -2.10. The lowest BCUT2D eigenvalue weighted by atomic mass is 10.1. The molecule has 1 N–H and O–H groups in total. The average molecular weight is 288 g/mol. The summed E-state index contributed by atoms with van der Waals surface area (Å²) in [6, 6.07) is 4.11. The van der Waals surface area contributed by atoms with Crippen molar-refractivity contribution in [1.29, 1.82) is 0 Å². The Labute approximate surface area is 126 Å². The van der Waals surface area contributed by atoms with Crippen molar-refractivity contribution in [3.8, 4) is 0 Å². The molecule has 0 atom stereocenters. The number of hydrogen-bond donors (Lipinski definition) is 1. The fraction of sp³-hybridized carbons (Fsp3) is 0.500. The summed E-state index contributed by atoms with van der Waals surface area (Å²) in [6.45, 7) is 7.33. The van der Waals surface area contributed by atoms with Crippen molar-refractivity contribution in [1.82, 2.24) is 14.5 Å². The van der Waals surface area contributed by atoms with E-state index in [4.69, 9.17) is 4.74 Å². The number of pyridine rings is 1. The Bertz CT molecular complexity index is 539. The van der Waals surface area contributed by atoms with Crippen molar-refractivity contribution < 1.29 is 4.74 Å². The van der Waals surface area contributed by atoms with Crippen molar-refractivity contribution in [3.05, 3.63) is 42.0 Å². The first-order valence-electron chi connectivity index (χ1n) is 7.60. The van der Waals surface area contributed by atoms with Crippen LogP contribution in [0, 0.1) is 0 Å². The van der Waals surface area contributed by atoms with Gasteiger partial charge < -0.3 is 14.6 Å². The number of imidazole rings is 1. The largest absolute Gasteiger partial charge is 0.382 e. The first kappa shape index (κ1) is 15.5. The van der Waals surface area contributed by atoms with E-state index in [1.54, 1.807) is 0 Å². The Balaban J connectivity index is 1.90. The maximum atomic E-state index is 5.37. The summed E-state index contributed by atoms with van der Waals surface area (Å²) in [4.78, 5) is 8.81. The van der Waals surface area contributed by atoms with Gasteiger partial charge in [-0.25, -0.2) is 4.98 Å². The van der Waals surface area contributed by atoms with Gasteiger partial charge in [0.2, 0.25) is 5.95 Å². The van der Waals surface area contributed by atoms with E-state index in [9.17, 15) is 0 Å². The van der Waals surface area contributed by atoms with Crippen molar-refractivity contribution in [2.75, 3.05) is 18.5 Å². The van der Waals surface area contributed by atoms with Crippen LogP contribution < -0.4 is 5.32 Å². The van der Waals surface area contributed by atoms with E-state index < -0.39 is 0 Å². The van der Waals surface area contributed by atoms with Crippen LogP contribution in [0.2, 0.25) is 0 Å². The fourth-order valence-electron chi connectivity index (χ4n) is 2.25. The number of aryl methyl sites for hydroxylation is 2. The normalized spacial score (nSPS) is 10.8. The van der Waals surface area contributed by atoms with Gasteiger partial charge in [0.05, 0.1) is 12.2 Å². The van der Waals surface area contributed by atoms with Gasteiger partial charge in [-0.05, 0) is 31.4 Å². The third kappa shape index (κ3) is 4.56. The Kier molecular flexibility index (Phi) is 6.22. The van der Waals surface area contributed by atoms with Crippen molar-refractivity contribution in [2.45, 2.75) is 39.8 Å². The van der Waals surface area contributed by atoms with Crippen LogP contribution in [-0.4, -0.2) is 27.7 Å². The molecule has 0 bridgehead atoms. The molecule has 0 saturated heterocycles. The molecule has 5 nitrogen and oxygen atoms in total. The molecular weight excluding hydrogens is 264 g/mol. The van der Waals surface area contributed by atoms with Gasteiger partial charge in [0.1, 0.15) is 0 Å². The van der Waals surface area contributed by atoms with Gasteiger partial charge in [-0.2, -0.15) is 0 Å². The number of nitrogens with one attached hydrogen (secondary N) is 1. The number of rotatable bonds is 9. The van der Waals surface area contributed by atoms with Gasteiger partial charge in [0.15, 0.2) is 0 Å². The zero-order valence-corrected chi connectivity index (χ0v) is 12.9. The highest BCUT2D eigenvalue weighted by molar-refractivity contribution is 5.29. The standard InChI is InChI=1S/C16H24N4O/c1-3-14-7-5-8-17-15(14)13-19-16-18-9-11-20(16)10-6-12-21-4-2/h5,7-9,11H,3-4,6,10,12-13H2,1-2H3,(H,18,19). The van der Waals surface area contributed by atoms with E-state index in [0.717, 1.165) is 44.2 Å². The van der Waals surface area contributed by atoms with E-state index >= 15 is 0 Å². The highest BCUT2D eigenvalue weighted by Crippen LogP contribution is 2.10. The zero-order chi connectivity index (χ0) is 14.9. The Morgan fingerprint density at radius 1 is 1.24 bits per heavy atom. The topological polar surface area (TPSA) is 52.0 Å². The van der Waals surface area contributed by atoms with Gasteiger partial charge in [-0.3, -0.25) is 4.98 Å². The zero-order valence-electron chi connectivity index (χ0n) is 12.9. The maximum Gasteiger partial charge on any atom is 0.203 e. The summed E-state index contributed by atoms with van der Waals surface area (Å²) in [5.74, 6) is 0.888. The molecule has 0 aliphatic rings. The van der Waals surface area contributed by atoms with E-state index in [1.807, 2.05) is 31.6 Å². The number of anilines is 1. The second-order valence-corrected chi connectivity index (χ2v) is 4.81. The molecule has 0 fully saturated rings. The van der Waals surface area contributed by atoms with E-state index in [2.05, 4.69) is 32.8 Å². The lowest BCUT2D eigenvalue weighted by molar-refractivity contribution is 0.142. The lowest BCUT2D eigenvalue weighted by Gasteiger charge is -2.11. The molecule has 0 spiro atoms. The number of ether oxygens (including phenoxy) is 1. The second kappa shape index (κ2) is 8.42. The Hall–Kier alpha value is -1.88. The molecule has 0 aliphatic heterocycles. The van der Waals surface area contributed by atoms with Gasteiger partial charge >= 0.3 is 0 Å². The second-order valence-electron chi connectivity index (χ2n) is 4.81. The quantitative estimate of drug-likeness (QED) is 0.721. The molecule has 0 saturated carbocycles. The van der Waals surface area contributed by atoms with Gasteiger partial charge in [0.25, 0.3) is 0 Å². The van der Waals surface area contributed by atoms with Crippen LogP contribution in [0.25, 0.3) is 0 Å². The minimum absolute atomic E-state index is 0.701. The maximum absolute atomic E-state index is 5.37. The minimum atomic E-state index is 0.701. The van der Waals surface area contributed by atoms with Crippen LogP contribution in [0.5, 0.6) is 0 Å². The Morgan fingerprint density at radius 2 is 2.14 bits per heavy atom. The van der Waals surface area contributed by atoms with Crippen LogP contribution in [-0.2, 0) is 24.2 Å². The van der Waals surface area contributed by atoms with Gasteiger partial charge in [-0.1, -0.05) is 13.0 Å². The van der Waals surface area contributed by atoms with Crippen LogP contribution in [0.1, 0.15) is 31.5 Å². The first-order valence-corrected chi connectivity index (χ1v) is 7.60. The number of hydrogen-bond acceptors (Lipinski definition) is 4. The van der Waals surface area contributed by atoms with Gasteiger partial charge in [0, 0.05) is 38.3 Å². The van der Waals surface area contributed by atoms with Crippen LogP contribution in [0.4, 0.5) is 5.95 Å². The molecule has 0 aliphatic carbocycles. The Morgan fingerprint density at radius 3 is 2.95 bits per heavy atom. The van der Waals surface area contributed by atoms with Crippen LogP contribution in [0.15, 0.2) is 30.7 Å². The summed E-state index contributed by atoms with van der Waals surface area (Å²) < 4.78 is 7.49. The third-order valence-corrected chi connectivity index (χ3v) is 3.39. The van der Waals surface area contributed by atoms with E-state index in [0.29, 0.717) is 6.54 Å². The fourth-order valence-corrected chi connectivity index (χ4v) is 2.25. The predicted molar refractivity (Wildman–Crippen MR) is 84.3 cm³/mol. The van der Waals surface area contributed by atoms with Crippen LogP contribution >= 0.6 is 0 Å². The summed E-state index contributed by atoms with van der Waals surface area (Å²) >= 11 is 0. The molecule has 2 heterocycles. The molecule has 2 aromatic rings. The molecule has 2 aromatic heterocycles. The molecule has 0 aromatic carbocycles. The van der Waals surface area contributed by atoms with E-state index in [-0.39, 0.29) is 0 Å².